The zero-order valence-corrected chi connectivity index (χ0v) is 19.2. The molecule has 3 rings (SSSR count). The zero-order valence-electron chi connectivity index (χ0n) is 16.9. The third-order valence-corrected chi connectivity index (χ3v) is 6.93. The standard InChI is InChI=1S/C22H17Cl2FN2O4S/c1-27(2)32(30,31)14-8-9-18(24)16(12-14)22(29)26-20-10-7-13(23)11-17(20)21(28)15-5-3-4-6-19(15)25/h3-12H,1-2H3,(H,26,29). The van der Waals surface area contributed by atoms with E-state index < -0.39 is 27.5 Å². The molecule has 166 valence electrons. The first-order valence-electron chi connectivity index (χ1n) is 9.14. The molecule has 3 aromatic rings. The average molecular weight is 495 g/mol. The lowest BCUT2D eigenvalue weighted by Gasteiger charge is -2.14. The number of carbonyl (C=O) groups is 2. The maximum absolute atomic E-state index is 14.1. The van der Waals surface area contributed by atoms with Crippen LogP contribution in [0.25, 0.3) is 0 Å². The lowest BCUT2D eigenvalue weighted by atomic mass is 10.0. The Labute approximate surface area is 194 Å². The Morgan fingerprint density at radius 3 is 2.25 bits per heavy atom. The minimum absolute atomic E-state index is 0.0103. The Hall–Kier alpha value is -2.78. The Kier molecular flexibility index (Phi) is 7.00. The van der Waals surface area contributed by atoms with Crippen LogP contribution in [0.15, 0.2) is 65.6 Å². The van der Waals surface area contributed by atoms with E-state index in [1.54, 1.807) is 0 Å². The van der Waals surface area contributed by atoms with Crippen LogP contribution in [0.3, 0.4) is 0 Å². The summed E-state index contributed by atoms with van der Waals surface area (Å²) in [4.78, 5) is 25.7. The molecule has 6 nitrogen and oxygen atoms in total. The second-order valence-corrected chi connectivity index (χ2v) is 9.88. The van der Waals surface area contributed by atoms with E-state index in [0.29, 0.717) is 0 Å². The second-order valence-electron chi connectivity index (χ2n) is 6.88. The normalized spacial score (nSPS) is 11.4. The number of amides is 1. The molecule has 0 aliphatic carbocycles. The van der Waals surface area contributed by atoms with Gasteiger partial charge in [-0.05, 0) is 48.5 Å². The van der Waals surface area contributed by atoms with Crippen LogP contribution < -0.4 is 5.32 Å². The molecule has 0 aromatic heterocycles. The summed E-state index contributed by atoms with van der Waals surface area (Å²) in [7, 11) is -1.09. The fourth-order valence-electron chi connectivity index (χ4n) is 2.84. The number of carbonyl (C=O) groups excluding carboxylic acids is 2. The molecule has 0 heterocycles. The number of anilines is 1. The number of nitrogens with zero attached hydrogens (tertiary/aromatic N) is 1. The highest BCUT2D eigenvalue weighted by molar-refractivity contribution is 7.89. The van der Waals surface area contributed by atoms with Gasteiger partial charge in [0.25, 0.3) is 5.91 Å². The molecular formula is C22H17Cl2FN2O4S. The Morgan fingerprint density at radius 2 is 1.59 bits per heavy atom. The van der Waals surface area contributed by atoms with Crippen molar-refractivity contribution in [3.05, 3.63) is 93.2 Å². The molecule has 0 radical (unpaired) electrons. The van der Waals surface area contributed by atoms with Gasteiger partial charge in [0, 0.05) is 24.7 Å². The number of benzene rings is 3. The number of rotatable bonds is 6. The highest BCUT2D eigenvalue weighted by Gasteiger charge is 2.23. The summed E-state index contributed by atoms with van der Waals surface area (Å²) in [5, 5.41) is 2.76. The SMILES string of the molecule is CN(C)S(=O)(=O)c1ccc(Cl)c(C(=O)Nc2ccc(Cl)cc2C(=O)c2ccccc2F)c1. The second kappa shape index (κ2) is 9.38. The average Bonchev–Trinajstić information content (AvgIpc) is 2.74. The quantitative estimate of drug-likeness (QED) is 0.495. The Balaban J connectivity index is 2.01. The van der Waals surface area contributed by atoms with E-state index in [1.807, 2.05) is 0 Å². The minimum Gasteiger partial charge on any atom is -0.321 e. The zero-order chi connectivity index (χ0) is 23.6. The predicted octanol–water partition coefficient (Wildman–Crippen LogP) is 4.87. The number of ketones is 1. The van der Waals surface area contributed by atoms with Crippen LogP contribution in [0.5, 0.6) is 0 Å². The first-order valence-corrected chi connectivity index (χ1v) is 11.3. The number of halogens is 3. The molecule has 0 aliphatic rings. The van der Waals surface area contributed by atoms with E-state index in [1.165, 1.54) is 62.6 Å². The fourth-order valence-corrected chi connectivity index (χ4v) is 4.15. The van der Waals surface area contributed by atoms with Crippen molar-refractivity contribution in [2.24, 2.45) is 0 Å². The van der Waals surface area contributed by atoms with Crippen LogP contribution in [0.2, 0.25) is 10.0 Å². The molecule has 0 unspecified atom stereocenters. The van der Waals surface area contributed by atoms with Gasteiger partial charge in [0.15, 0.2) is 5.78 Å². The lowest BCUT2D eigenvalue weighted by molar-refractivity contribution is 0.102. The highest BCUT2D eigenvalue weighted by atomic mass is 35.5. The van der Waals surface area contributed by atoms with Gasteiger partial charge < -0.3 is 5.32 Å². The molecule has 0 aliphatic heterocycles. The van der Waals surface area contributed by atoms with Crippen LogP contribution in [-0.2, 0) is 10.0 Å². The molecule has 1 N–H and O–H groups in total. The van der Waals surface area contributed by atoms with Crippen LogP contribution in [0.4, 0.5) is 10.1 Å². The molecular weight excluding hydrogens is 478 g/mol. The molecule has 0 saturated heterocycles. The number of sulfonamides is 1. The smallest absolute Gasteiger partial charge is 0.257 e. The van der Waals surface area contributed by atoms with Gasteiger partial charge in [-0.25, -0.2) is 17.1 Å². The molecule has 0 saturated carbocycles. The molecule has 3 aromatic carbocycles. The van der Waals surface area contributed by atoms with Crippen molar-refractivity contribution < 1.29 is 22.4 Å². The summed E-state index contributed by atoms with van der Waals surface area (Å²) < 4.78 is 39.9. The van der Waals surface area contributed by atoms with Crippen LogP contribution in [0, 0.1) is 5.82 Å². The van der Waals surface area contributed by atoms with Crippen molar-refractivity contribution in [2.45, 2.75) is 4.90 Å². The van der Waals surface area contributed by atoms with E-state index in [4.69, 9.17) is 23.2 Å². The summed E-state index contributed by atoms with van der Waals surface area (Å²) in [5.74, 6) is -2.16. The van der Waals surface area contributed by atoms with Crippen molar-refractivity contribution in [1.29, 1.82) is 0 Å². The van der Waals surface area contributed by atoms with Gasteiger partial charge in [-0.3, -0.25) is 9.59 Å². The van der Waals surface area contributed by atoms with E-state index in [2.05, 4.69) is 5.32 Å². The van der Waals surface area contributed by atoms with Crippen molar-refractivity contribution in [2.75, 3.05) is 19.4 Å². The minimum atomic E-state index is -3.81. The number of nitrogens with one attached hydrogen (secondary N) is 1. The molecule has 1 amide bonds. The first-order chi connectivity index (χ1) is 15.0. The van der Waals surface area contributed by atoms with Crippen LogP contribution >= 0.6 is 23.2 Å². The van der Waals surface area contributed by atoms with Gasteiger partial charge in [0.1, 0.15) is 5.82 Å². The summed E-state index contributed by atoms with van der Waals surface area (Å²) in [6.45, 7) is 0. The monoisotopic (exact) mass is 494 g/mol. The highest BCUT2D eigenvalue weighted by Crippen LogP contribution is 2.27. The topological polar surface area (TPSA) is 83.6 Å². The summed E-state index contributed by atoms with van der Waals surface area (Å²) in [6, 6.07) is 13.3. The van der Waals surface area contributed by atoms with Gasteiger partial charge in [-0.2, -0.15) is 0 Å². The van der Waals surface area contributed by atoms with E-state index in [0.717, 1.165) is 16.4 Å². The van der Waals surface area contributed by atoms with E-state index in [9.17, 15) is 22.4 Å². The largest absolute Gasteiger partial charge is 0.321 e. The summed E-state index contributed by atoms with van der Waals surface area (Å²) in [6.07, 6.45) is 0. The third kappa shape index (κ3) is 4.83. The van der Waals surface area contributed by atoms with Gasteiger partial charge in [0.2, 0.25) is 10.0 Å². The lowest BCUT2D eigenvalue weighted by Crippen LogP contribution is -2.23. The van der Waals surface area contributed by atoms with Crippen LogP contribution in [-0.4, -0.2) is 38.5 Å². The molecule has 0 spiro atoms. The Morgan fingerprint density at radius 1 is 0.906 bits per heavy atom. The van der Waals surface area contributed by atoms with Gasteiger partial charge in [-0.15, -0.1) is 0 Å². The number of hydrogen-bond donors (Lipinski definition) is 1. The molecule has 10 heteroatoms. The van der Waals surface area contributed by atoms with Gasteiger partial charge in [-0.1, -0.05) is 35.3 Å². The fraction of sp³-hybridized carbons (Fsp3) is 0.0909. The van der Waals surface area contributed by atoms with E-state index in [-0.39, 0.29) is 37.3 Å². The van der Waals surface area contributed by atoms with Crippen molar-refractivity contribution in [1.82, 2.24) is 4.31 Å². The third-order valence-electron chi connectivity index (χ3n) is 4.55. The molecule has 0 bridgehead atoms. The van der Waals surface area contributed by atoms with Gasteiger partial charge in [0.05, 0.1) is 26.7 Å². The van der Waals surface area contributed by atoms with Gasteiger partial charge >= 0.3 is 0 Å². The molecule has 0 fully saturated rings. The summed E-state index contributed by atoms with van der Waals surface area (Å²) in [5.41, 5.74) is -0.287. The summed E-state index contributed by atoms with van der Waals surface area (Å²) >= 11 is 12.1. The molecule has 32 heavy (non-hydrogen) atoms. The van der Waals surface area contributed by atoms with Crippen molar-refractivity contribution in [3.63, 3.8) is 0 Å². The number of hydrogen-bond acceptors (Lipinski definition) is 4. The maximum Gasteiger partial charge on any atom is 0.257 e. The van der Waals surface area contributed by atoms with E-state index >= 15 is 0 Å². The molecule has 0 atom stereocenters. The predicted molar refractivity (Wildman–Crippen MR) is 122 cm³/mol. The Bertz CT molecular complexity index is 1330. The first kappa shape index (κ1) is 23.9. The van der Waals surface area contributed by atoms with Crippen molar-refractivity contribution >= 4 is 50.6 Å². The van der Waals surface area contributed by atoms with Crippen molar-refractivity contribution in [3.8, 4) is 0 Å². The van der Waals surface area contributed by atoms with Crippen LogP contribution in [0.1, 0.15) is 26.3 Å². The maximum atomic E-state index is 14.1.